The Kier molecular flexibility index (Phi) is 5.31. The molecule has 0 radical (unpaired) electrons. The number of sulfonamides is 1. The Bertz CT molecular complexity index is 967. The summed E-state index contributed by atoms with van der Waals surface area (Å²) in [6.07, 6.45) is -4.84. The molecule has 150 valence electrons. The van der Waals surface area contributed by atoms with Crippen LogP contribution in [-0.4, -0.2) is 49.5 Å². The van der Waals surface area contributed by atoms with Gasteiger partial charge in [-0.3, -0.25) is 10.1 Å². The number of nitro groups is 1. The number of hydrogen-bond acceptors (Lipinski definition) is 5. The first-order valence-corrected chi connectivity index (χ1v) is 9.68. The van der Waals surface area contributed by atoms with Crippen molar-refractivity contribution < 1.29 is 26.5 Å². The normalized spacial score (nSPS) is 18.8. The monoisotopic (exact) mass is 415 g/mol. The summed E-state index contributed by atoms with van der Waals surface area (Å²) in [6.45, 7) is -1.03. The standard InChI is InChI=1S/C17H16F3N3O4S/c18-17(19,20)16-12-21(13-6-2-1-3-7-13)10-11-22(16)28(26,27)15-9-5-4-8-14(15)23(24)25/h1-9,16H,10-12H2. The van der Waals surface area contributed by atoms with Crippen molar-refractivity contribution in [1.82, 2.24) is 4.31 Å². The summed E-state index contributed by atoms with van der Waals surface area (Å²) in [5, 5.41) is 11.2. The molecule has 1 aliphatic rings. The van der Waals surface area contributed by atoms with E-state index < -0.39 is 50.8 Å². The maximum Gasteiger partial charge on any atom is 0.406 e. The summed E-state index contributed by atoms with van der Waals surface area (Å²) in [5.41, 5.74) is -0.214. The lowest BCUT2D eigenvalue weighted by molar-refractivity contribution is -0.387. The number of benzene rings is 2. The molecule has 1 heterocycles. The second-order valence-electron chi connectivity index (χ2n) is 6.18. The smallest absolute Gasteiger partial charge is 0.368 e. The van der Waals surface area contributed by atoms with E-state index in [1.54, 1.807) is 30.3 Å². The fourth-order valence-electron chi connectivity index (χ4n) is 3.15. The summed E-state index contributed by atoms with van der Waals surface area (Å²) < 4.78 is 67.3. The van der Waals surface area contributed by atoms with Crippen molar-refractivity contribution in [2.75, 3.05) is 24.5 Å². The number of hydrogen-bond donors (Lipinski definition) is 0. The van der Waals surface area contributed by atoms with Crippen molar-refractivity contribution in [3.63, 3.8) is 0 Å². The van der Waals surface area contributed by atoms with Gasteiger partial charge in [0.25, 0.3) is 15.7 Å². The van der Waals surface area contributed by atoms with Gasteiger partial charge in [0.15, 0.2) is 4.90 Å². The number of nitro benzene ring substituents is 1. The van der Waals surface area contributed by atoms with E-state index in [1.807, 2.05) is 0 Å². The highest BCUT2D eigenvalue weighted by molar-refractivity contribution is 7.89. The molecule has 0 amide bonds. The Hall–Kier alpha value is -2.66. The Labute approximate surface area is 159 Å². The second kappa shape index (κ2) is 7.40. The quantitative estimate of drug-likeness (QED) is 0.566. The minimum absolute atomic E-state index is 0.0243. The Morgan fingerprint density at radius 2 is 1.61 bits per heavy atom. The summed E-state index contributed by atoms with van der Waals surface area (Å²) >= 11 is 0. The molecule has 0 saturated carbocycles. The maximum absolute atomic E-state index is 13.7. The molecule has 2 aromatic carbocycles. The number of alkyl halides is 3. The molecular formula is C17H16F3N3O4S. The van der Waals surface area contributed by atoms with Crippen LogP contribution in [0.2, 0.25) is 0 Å². The zero-order valence-electron chi connectivity index (χ0n) is 14.4. The van der Waals surface area contributed by atoms with E-state index in [0.29, 0.717) is 9.99 Å². The molecule has 0 N–H and O–H groups in total. The van der Waals surface area contributed by atoms with Crippen molar-refractivity contribution in [2.45, 2.75) is 17.1 Å². The fourth-order valence-corrected chi connectivity index (χ4v) is 4.90. The third-order valence-electron chi connectivity index (χ3n) is 4.48. The Morgan fingerprint density at radius 1 is 1.00 bits per heavy atom. The van der Waals surface area contributed by atoms with Crippen molar-refractivity contribution in [1.29, 1.82) is 0 Å². The number of halogens is 3. The van der Waals surface area contributed by atoms with Gasteiger partial charge < -0.3 is 4.90 Å². The number of anilines is 1. The predicted octanol–water partition coefficient (Wildman–Crippen LogP) is 3.04. The molecule has 0 aromatic heterocycles. The topological polar surface area (TPSA) is 83.8 Å². The van der Waals surface area contributed by atoms with Gasteiger partial charge in [-0.05, 0) is 18.2 Å². The van der Waals surface area contributed by atoms with Gasteiger partial charge in [-0.1, -0.05) is 30.3 Å². The summed E-state index contributed by atoms with van der Waals surface area (Å²) in [7, 11) is -4.73. The average Bonchev–Trinajstić information content (AvgIpc) is 2.67. The largest absolute Gasteiger partial charge is 0.406 e. The van der Waals surface area contributed by atoms with Crippen LogP contribution in [0.1, 0.15) is 0 Å². The van der Waals surface area contributed by atoms with Crippen molar-refractivity contribution in [3.05, 3.63) is 64.7 Å². The van der Waals surface area contributed by atoms with Gasteiger partial charge >= 0.3 is 6.18 Å². The van der Waals surface area contributed by atoms with Crippen molar-refractivity contribution >= 4 is 21.4 Å². The van der Waals surface area contributed by atoms with Crippen LogP contribution in [0.25, 0.3) is 0 Å². The molecule has 0 spiro atoms. The highest BCUT2D eigenvalue weighted by atomic mass is 32.2. The first kappa shape index (κ1) is 20.1. The van der Waals surface area contributed by atoms with Crippen LogP contribution >= 0.6 is 0 Å². The first-order valence-electron chi connectivity index (χ1n) is 8.24. The summed E-state index contributed by atoms with van der Waals surface area (Å²) in [4.78, 5) is 10.9. The van der Waals surface area contributed by atoms with E-state index in [4.69, 9.17) is 0 Å². The fraction of sp³-hybridized carbons (Fsp3) is 0.294. The van der Waals surface area contributed by atoms with Gasteiger partial charge in [-0.2, -0.15) is 17.5 Å². The van der Waals surface area contributed by atoms with Gasteiger partial charge in [0.05, 0.1) is 4.92 Å². The van der Waals surface area contributed by atoms with Crippen LogP contribution < -0.4 is 4.90 Å². The van der Waals surface area contributed by atoms with E-state index >= 15 is 0 Å². The van der Waals surface area contributed by atoms with Crippen LogP contribution in [0.4, 0.5) is 24.5 Å². The lowest BCUT2D eigenvalue weighted by atomic mass is 10.1. The van der Waals surface area contributed by atoms with E-state index in [-0.39, 0.29) is 6.54 Å². The molecule has 2 aromatic rings. The Balaban J connectivity index is 2.00. The molecule has 7 nitrogen and oxygen atoms in total. The minimum atomic E-state index is -4.84. The number of nitrogens with zero attached hydrogens (tertiary/aromatic N) is 3. The van der Waals surface area contributed by atoms with Gasteiger partial charge in [0, 0.05) is 31.4 Å². The van der Waals surface area contributed by atoms with Gasteiger partial charge in [-0.25, -0.2) is 8.42 Å². The highest BCUT2D eigenvalue weighted by Gasteiger charge is 2.51. The Morgan fingerprint density at radius 3 is 2.21 bits per heavy atom. The molecule has 1 atom stereocenters. The van der Waals surface area contributed by atoms with Crippen molar-refractivity contribution in [2.24, 2.45) is 0 Å². The van der Waals surface area contributed by atoms with Crippen LogP contribution in [0.15, 0.2) is 59.5 Å². The zero-order chi connectivity index (χ0) is 20.5. The summed E-state index contributed by atoms with van der Waals surface area (Å²) in [5.74, 6) is 0. The molecule has 1 fully saturated rings. The lowest BCUT2D eigenvalue weighted by Gasteiger charge is -2.41. The number of para-hydroxylation sites is 2. The molecule has 28 heavy (non-hydrogen) atoms. The minimum Gasteiger partial charge on any atom is -0.368 e. The number of rotatable bonds is 4. The van der Waals surface area contributed by atoms with Gasteiger partial charge in [0.1, 0.15) is 6.04 Å². The van der Waals surface area contributed by atoms with Gasteiger partial charge in [-0.15, -0.1) is 0 Å². The van der Waals surface area contributed by atoms with Crippen molar-refractivity contribution in [3.8, 4) is 0 Å². The van der Waals surface area contributed by atoms with Crippen LogP contribution in [0.3, 0.4) is 0 Å². The van der Waals surface area contributed by atoms with E-state index in [1.165, 1.54) is 17.0 Å². The maximum atomic E-state index is 13.7. The average molecular weight is 415 g/mol. The molecule has 0 bridgehead atoms. The molecule has 0 aliphatic carbocycles. The second-order valence-corrected chi connectivity index (χ2v) is 8.04. The van der Waals surface area contributed by atoms with Crippen LogP contribution in [-0.2, 0) is 10.0 Å². The highest BCUT2D eigenvalue weighted by Crippen LogP contribution is 2.35. The zero-order valence-corrected chi connectivity index (χ0v) is 15.2. The van der Waals surface area contributed by atoms with E-state index in [9.17, 15) is 31.7 Å². The molecule has 1 aliphatic heterocycles. The molecular weight excluding hydrogens is 399 g/mol. The van der Waals surface area contributed by atoms with Crippen LogP contribution in [0.5, 0.6) is 0 Å². The predicted molar refractivity (Wildman–Crippen MR) is 95.5 cm³/mol. The third-order valence-corrected chi connectivity index (χ3v) is 6.43. The lowest BCUT2D eigenvalue weighted by Crippen LogP contribution is -2.60. The summed E-state index contributed by atoms with van der Waals surface area (Å²) in [6, 6.07) is 10.4. The molecule has 1 saturated heterocycles. The molecule has 11 heteroatoms. The SMILES string of the molecule is O=[N+]([O-])c1ccccc1S(=O)(=O)N1CCN(c2ccccc2)CC1C(F)(F)F. The van der Waals surface area contributed by atoms with E-state index in [0.717, 1.165) is 12.1 Å². The van der Waals surface area contributed by atoms with Crippen LogP contribution in [0, 0.1) is 10.1 Å². The van der Waals surface area contributed by atoms with Gasteiger partial charge in [0.2, 0.25) is 0 Å². The third kappa shape index (κ3) is 3.80. The molecule has 1 unspecified atom stereocenters. The number of piperazine rings is 1. The molecule has 3 rings (SSSR count). The van der Waals surface area contributed by atoms with E-state index in [2.05, 4.69) is 0 Å². The first-order chi connectivity index (χ1) is 13.1.